The molecule has 0 aromatic carbocycles. The standard InChI is InChI=1S/C19H31N3O2/c1-6-14(2)22(18(23)24-19(3,4)5)17-11-10-15(13-21-17)16-9-7-8-12-20-16/h10-11,13-14,16,20H,6-9,12H2,1-5H3/t14-,16-/m0/s1. The summed E-state index contributed by atoms with van der Waals surface area (Å²) in [5.41, 5.74) is 0.668. The van der Waals surface area contributed by atoms with Crippen molar-refractivity contribution in [3.05, 3.63) is 23.9 Å². The number of pyridine rings is 1. The lowest BCUT2D eigenvalue weighted by Gasteiger charge is -2.31. The fourth-order valence-electron chi connectivity index (χ4n) is 2.88. The number of ether oxygens (including phenoxy) is 1. The van der Waals surface area contributed by atoms with Crippen LogP contribution in [0.3, 0.4) is 0 Å². The highest BCUT2D eigenvalue weighted by molar-refractivity contribution is 5.87. The van der Waals surface area contributed by atoms with Crippen LogP contribution in [-0.2, 0) is 4.74 Å². The third kappa shape index (κ3) is 4.94. The first-order chi connectivity index (χ1) is 11.3. The van der Waals surface area contributed by atoms with Gasteiger partial charge in [0.25, 0.3) is 0 Å². The lowest BCUT2D eigenvalue weighted by atomic mass is 9.99. The number of aromatic nitrogens is 1. The Hall–Kier alpha value is -1.62. The van der Waals surface area contributed by atoms with Crippen molar-refractivity contribution in [1.82, 2.24) is 10.3 Å². The van der Waals surface area contributed by atoms with E-state index in [1.165, 1.54) is 18.4 Å². The van der Waals surface area contributed by atoms with Crippen molar-refractivity contribution in [1.29, 1.82) is 0 Å². The average molecular weight is 333 g/mol. The maximum absolute atomic E-state index is 12.6. The number of carbonyl (C=O) groups is 1. The van der Waals surface area contributed by atoms with E-state index < -0.39 is 5.60 Å². The van der Waals surface area contributed by atoms with Gasteiger partial charge in [-0.25, -0.2) is 9.78 Å². The van der Waals surface area contributed by atoms with Crippen LogP contribution in [0.2, 0.25) is 0 Å². The molecule has 0 unspecified atom stereocenters. The Labute approximate surface area is 145 Å². The molecule has 0 saturated carbocycles. The number of carbonyl (C=O) groups excluding carboxylic acids is 1. The first-order valence-corrected chi connectivity index (χ1v) is 9.03. The molecule has 134 valence electrons. The Kier molecular flexibility index (Phi) is 6.21. The zero-order valence-corrected chi connectivity index (χ0v) is 15.6. The smallest absolute Gasteiger partial charge is 0.416 e. The number of anilines is 1. The van der Waals surface area contributed by atoms with Crippen LogP contribution in [0, 0.1) is 0 Å². The van der Waals surface area contributed by atoms with Crippen molar-refractivity contribution >= 4 is 11.9 Å². The number of rotatable bonds is 4. The van der Waals surface area contributed by atoms with Gasteiger partial charge in [0.1, 0.15) is 11.4 Å². The van der Waals surface area contributed by atoms with Crippen molar-refractivity contribution in [2.75, 3.05) is 11.4 Å². The van der Waals surface area contributed by atoms with E-state index in [9.17, 15) is 4.79 Å². The summed E-state index contributed by atoms with van der Waals surface area (Å²) in [6.07, 6.45) is 6.01. The summed E-state index contributed by atoms with van der Waals surface area (Å²) in [6, 6.07) is 4.41. The molecule has 2 atom stereocenters. The summed E-state index contributed by atoms with van der Waals surface area (Å²) in [5, 5.41) is 3.53. The second-order valence-electron chi connectivity index (χ2n) is 7.56. The van der Waals surface area contributed by atoms with Crippen LogP contribution in [0.25, 0.3) is 0 Å². The van der Waals surface area contributed by atoms with Crippen molar-refractivity contribution in [2.45, 2.75) is 78.0 Å². The second kappa shape index (κ2) is 7.97. The van der Waals surface area contributed by atoms with E-state index in [2.05, 4.69) is 23.3 Å². The molecule has 1 N–H and O–H groups in total. The minimum absolute atomic E-state index is 0.0333. The molecule has 1 aliphatic rings. The molecule has 0 aliphatic carbocycles. The van der Waals surface area contributed by atoms with Crippen LogP contribution in [0.1, 0.15) is 71.9 Å². The molecular formula is C19H31N3O2. The highest BCUT2D eigenvalue weighted by atomic mass is 16.6. The lowest BCUT2D eigenvalue weighted by molar-refractivity contribution is 0.0566. The summed E-state index contributed by atoms with van der Waals surface area (Å²) in [7, 11) is 0. The molecule has 1 aromatic heterocycles. The molecule has 5 heteroatoms. The van der Waals surface area contributed by atoms with Gasteiger partial charge >= 0.3 is 6.09 Å². The van der Waals surface area contributed by atoms with Gasteiger partial charge in [-0.15, -0.1) is 0 Å². The normalized spacial score (nSPS) is 19.6. The first-order valence-electron chi connectivity index (χ1n) is 9.03. The largest absolute Gasteiger partial charge is 0.443 e. The van der Waals surface area contributed by atoms with E-state index >= 15 is 0 Å². The van der Waals surface area contributed by atoms with Crippen LogP contribution >= 0.6 is 0 Å². The first kappa shape index (κ1) is 18.7. The molecule has 1 aromatic rings. The molecule has 0 spiro atoms. The molecule has 1 fully saturated rings. The fourth-order valence-corrected chi connectivity index (χ4v) is 2.88. The van der Waals surface area contributed by atoms with E-state index in [1.807, 2.05) is 40.0 Å². The van der Waals surface area contributed by atoms with Crippen LogP contribution in [0.4, 0.5) is 10.6 Å². The average Bonchev–Trinajstić information content (AvgIpc) is 2.54. The molecule has 5 nitrogen and oxygen atoms in total. The summed E-state index contributed by atoms with van der Waals surface area (Å²) in [6.45, 7) is 10.8. The van der Waals surface area contributed by atoms with Gasteiger partial charge in [-0.2, -0.15) is 0 Å². The van der Waals surface area contributed by atoms with E-state index in [1.54, 1.807) is 4.90 Å². The predicted molar refractivity (Wildman–Crippen MR) is 97.3 cm³/mol. The van der Waals surface area contributed by atoms with Gasteiger partial charge in [0.2, 0.25) is 0 Å². The maximum Gasteiger partial charge on any atom is 0.416 e. The fraction of sp³-hybridized carbons (Fsp3) is 0.684. The third-order valence-corrected chi connectivity index (χ3v) is 4.35. The van der Waals surface area contributed by atoms with Gasteiger partial charge in [0, 0.05) is 18.3 Å². The Morgan fingerprint density at radius 1 is 1.42 bits per heavy atom. The zero-order valence-electron chi connectivity index (χ0n) is 15.6. The van der Waals surface area contributed by atoms with E-state index in [4.69, 9.17) is 4.74 Å². The van der Waals surface area contributed by atoms with Gasteiger partial charge < -0.3 is 10.1 Å². The molecule has 1 saturated heterocycles. The number of hydrogen-bond donors (Lipinski definition) is 1. The maximum atomic E-state index is 12.6. The van der Waals surface area contributed by atoms with Crippen LogP contribution < -0.4 is 10.2 Å². The van der Waals surface area contributed by atoms with Crippen molar-refractivity contribution in [2.24, 2.45) is 0 Å². The van der Waals surface area contributed by atoms with Crippen LogP contribution in [0.5, 0.6) is 0 Å². The van der Waals surface area contributed by atoms with Gasteiger partial charge in [0.05, 0.1) is 0 Å². The monoisotopic (exact) mass is 333 g/mol. The molecule has 1 aliphatic heterocycles. The highest BCUT2D eigenvalue weighted by Crippen LogP contribution is 2.25. The summed E-state index contributed by atoms with van der Waals surface area (Å²) in [5.74, 6) is 0.651. The van der Waals surface area contributed by atoms with Gasteiger partial charge in [-0.05, 0) is 65.1 Å². The minimum Gasteiger partial charge on any atom is -0.443 e. The number of nitrogens with zero attached hydrogens (tertiary/aromatic N) is 2. The van der Waals surface area contributed by atoms with Crippen LogP contribution in [-0.4, -0.2) is 29.3 Å². The van der Waals surface area contributed by atoms with E-state index in [-0.39, 0.29) is 12.1 Å². The molecular weight excluding hydrogens is 302 g/mol. The lowest BCUT2D eigenvalue weighted by Crippen LogP contribution is -2.42. The molecule has 1 amide bonds. The Balaban J connectivity index is 2.18. The Bertz CT molecular complexity index is 531. The summed E-state index contributed by atoms with van der Waals surface area (Å²) < 4.78 is 5.56. The molecule has 2 rings (SSSR count). The topological polar surface area (TPSA) is 54.5 Å². The Morgan fingerprint density at radius 3 is 2.67 bits per heavy atom. The third-order valence-electron chi connectivity index (χ3n) is 4.35. The van der Waals surface area contributed by atoms with Crippen molar-refractivity contribution < 1.29 is 9.53 Å². The SMILES string of the molecule is CC[C@H](C)N(C(=O)OC(C)(C)C)c1ccc([C@@H]2CCCCN2)cn1. The molecule has 0 bridgehead atoms. The summed E-state index contributed by atoms with van der Waals surface area (Å²) in [4.78, 5) is 18.8. The van der Waals surface area contributed by atoms with Crippen LogP contribution in [0.15, 0.2) is 18.3 Å². The van der Waals surface area contributed by atoms with Crippen molar-refractivity contribution in [3.63, 3.8) is 0 Å². The zero-order chi connectivity index (χ0) is 17.7. The molecule has 0 radical (unpaired) electrons. The van der Waals surface area contributed by atoms with E-state index in [0.717, 1.165) is 19.4 Å². The number of nitrogens with one attached hydrogen (secondary N) is 1. The summed E-state index contributed by atoms with van der Waals surface area (Å²) >= 11 is 0. The highest BCUT2D eigenvalue weighted by Gasteiger charge is 2.27. The van der Waals surface area contributed by atoms with E-state index in [0.29, 0.717) is 11.9 Å². The molecule has 24 heavy (non-hydrogen) atoms. The number of amides is 1. The number of hydrogen-bond acceptors (Lipinski definition) is 4. The number of piperidine rings is 1. The van der Waals surface area contributed by atoms with Gasteiger partial charge in [-0.1, -0.05) is 19.4 Å². The quantitative estimate of drug-likeness (QED) is 0.885. The predicted octanol–water partition coefficient (Wildman–Crippen LogP) is 4.44. The van der Waals surface area contributed by atoms with Gasteiger partial charge in [-0.3, -0.25) is 4.90 Å². The van der Waals surface area contributed by atoms with Crippen molar-refractivity contribution in [3.8, 4) is 0 Å². The minimum atomic E-state index is -0.519. The molecule has 2 heterocycles. The Morgan fingerprint density at radius 2 is 2.17 bits per heavy atom. The second-order valence-corrected chi connectivity index (χ2v) is 7.56. The van der Waals surface area contributed by atoms with Gasteiger partial charge in [0.15, 0.2) is 0 Å².